The number of para-hydroxylation sites is 1. The first kappa shape index (κ1) is 17.6. The molecular formula is C22H26N4O. The van der Waals surface area contributed by atoms with Crippen molar-refractivity contribution in [2.24, 2.45) is 0 Å². The van der Waals surface area contributed by atoms with Crippen molar-refractivity contribution in [1.82, 2.24) is 9.88 Å². The van der Waals surface area contributed by atoms with Crippen LogP contribution < -0.4 is 15.0 Å². The van der Waals surface area contributed by atoms with Crippen LogP contribution in [0.15, 0.2) is 60.7 Å². The van der Waals surface area contributed by atoms with Gasteiger partial charge in [-0.25, -0.2) is 4.98 Å². The second-order valence-electron chi connectivity index (χ2n) is 6.84. The summed E-state index contributed by atoms with van der Waals surface area (Å²) in [6.07, 6.45) is 0. The lowest BCUT2D eigenvalue weighted by atomic mass is 10.2. The number of methoxy groups -OCH3 is 1. The summed E-state index contributed by atoms with van der Waals surface area (Å²) < 4.78 is 5.24. The Morgan fingerprint density at radius 3 is 2.48 bits per heavy atom. The van der Waals surface area contributed by atoms with Gasteiger partial charge < -0.3 is 15.0 Å². The highest BCUT2D eigenvalue weighted by Gasteiger charge is 2.16. The average Bonchev–Trinajstić information content (AvgIpc) is 2.74. The second kappa shape index (κ2) is 8.27. The second-order valence-corrected chi connectivity index (χ2v) is 6.84. The van der Waals surface area contributed by atoms with Gasteiger partial charge in [0.1, 0.15) is 11.6 Å². The number of nitrogens with one attached hydrogen (secondary N) is 1. The fraction of sp³-hybridized carbons (Fsp3) is 0.318. The minimum absolute atomic E-state index is 0.908. The third kappa shape index (κ3) is 4.31. The third-order valence-electron chi connectivity index (χ3n) is 5.14. The van der Waals surface area contributed by atoms with Crippen LogP contribution >= 0.6 is 0 Å². The SMILES string of the molecule is COc1ccc(N2CCN(CCNc3ccc4ccccc4n3)CC2)cc1. The van der Waals surface area contributed by atoms with Crippen molar-refractivity contribution in [3.8, 4) is 5.75 Å². The predicted molar refractivity (Wildman–Crippen MR) is 112 cm³/mol. The Hall–Kier alpha value is -2.79. The van der Waals surface area contributed by atoms with Crippen LogP contribution in [0.25, 0.3) is 10.9 Å². The van der Waals surface area contributed by atoms with E-state index in [1.165, 1.54) is 11.1 Å². The molecule has 1 aliphatic heterocycles. The fourth-order valence-corrected chi connectivity index (χ4v) is 3.53. The molecule has 0 atom stereocenters. The van der Waals surface area contributed by atoms with Gasteiger partial charge in [-0.05, 0) is 42.5 Å². The van der Waals surface area contributed by atoms with Crippen molar-refractivity contribution in [3.05, 3.63) is 60.7 Å². The van der Waals surface area contributed by atoms with Crippen LogP contribution in [0, 0.1) is 0 Å². The molecule has 0 amide bonds. The summed E-state index contributed by atoms with van der Waals surface area (Å²) in [4.78, 5) is 9.62. The Balaban J connectivity index is 1.24. The standard InChI is InChI=1S/C22H26N4O/c1-27-20-9-7-19(8-10-20)26-16-14-25(15-17-26)13-12-23-22-11-6-18-4-2-3-5-21(18)24-22/h2-11H,12-17H2,1H3,(H,23,24). The molecule has 1 N–H and O–H groups in total. The van der Waals surface area contributed by atoms with Crippen molar-refractivity contribution in [2.45, 2.75) is 0 Å². The maximum Gasteiger partial charge on any atom is 0.126 e. The molecule has 0 radical (unpaired) electrons. The zero-order chi connectivity index (χ0) is 18.5. The summed E-state index contributed by atoms with van der Waals surface area (Å²) in [6.45, 7) is 6.22. The first-order valence-corrected chi connectivity index (χ1v) is 9.53. The van der Waals surface area contributed by atoms with Crippen LogP contribution in [0.1, 0.15) is 0 Å². The molecule has 140 valence electrons. The topological polar surface area (TPSA) is 40.6 Å². The van der Waals surface area contributed by atoms with Crippen LogP contribution in [0.3, 0.4) is 0 Å². The van der Waals surface area contributed by atoms with Gasteiger partial charge in [0.15, 0.2) is 0 Å². The summed E-state index contributed by atoms with van der Waals surface area (Å²) in [5.74, 6) is 1.86. The molecule has 0 unspecified atom stereocenters. The van der Waals surface area contributed by atoms with E-state index in [-0.39, 0.29) is 0 Å². The summed E-state index contributed by atoms with van der Waals surface area (Å²) in [5, 5.41) is 4.64. The molecule has 3 aromatic rings. The molecule has 27 heavy (non-hydrogen) atoms. The number of benzene rings is 2. The molecule has 5 nitrogen and oxygen atoms in total. The summed E-state index contributed by atoms with van der Waals surface area (Å²) in [7, 11) is 1.70. The molecular weight excluding hydrogens is 336 g/mol. The van der Waals surface area contributed by atoms with E-state index in [0.29, 0.717) is 0 Å². The number of rotatable bonds is 6. The van der Waals surface area contributed by atoms with Gasteiger partial charge in [-0.15, -0.1) is 0 Å². The highest BCUT2D eigenvalue weighted by molar-refractivity contribution is 5.80. The Morgan fingerprint density at radius 1 is 0.926 bits per heavy atom. The van der Waals surface area contributed by atoms with Crippen LogP contribution in [0.5, 0.6) is 5.75 Å². The van der Waals surface area contributed by atoms with E-state index in [1.807, 2.05) is 24.3 Å². The first-order chi connectivity index (χ1) is 13.3. The van der Waals surface area contributed by atoms with E-state index in [4.69, 9.17) is 4.74 Å². The Kier molecular flexibility index (Phi) is 5.39. The van der Waals surface area contributed by atoms with Crippen LogP contribution in [0.2, 0.25) is 0 Å². The lowest BCUT2D eigenvalue weighted by molar-refractivity contribution is 0.267. The van der Waals surface area contributed by atoms with Gasteiger partial charge in [0.25, 0.3) is 0 Å². The Morgan fingerprint density at radius 2 is 1.70 bits per heavy atom. The molecule has 1 saturated heterocycles. The van der Waals surface area contributed by atoms with Crippen molar-refractivity contribution in [2.75, 3.05) is 56.6 Å². The van der Waals surface area contributed by atoms with E-state index < -0.39 is 0 Å². The van der Waals surface area contributed by atoms with Gasteiger partial charge in [0.05, 0.1) is 12.6 Å². The molecule has 0 spiro atoms. The van der Waals surface area contributed by atoms with Crippen molar-refractivity contribution in [3.63, 3.8) is 0 Å². The summed E-state index contributed by atoms with van der Waals surface area (Å²) in [5.41, 5.74) is 2.31. The molecule has 1 aliphatic rings. The van der Waals surface area contributed by atoms with Crippen LogP contribution in [-0.4, -0.2) is 56.3 Å². The number of pyridine rings is 1. The minimum Gasteiger partial charge on any atom is -0.497 e. The van der Waals surface area contributed by atoms with Gasteiger partial charge in [-0.1, -0.05) is 18.2 Å². The maximum atomic E-state index is 5.24. The van der Waals surface area contributed by atoms with Gasteiger partial charge in [-0.3, -0.25) is 4.90 Å². The van der Waals surface area contributed by atoms with E-state index in [9.17, 15) is 0 Å². The van der Waals surface area contributed by atoms with E-state index in [2.05, 4.69) is 56.5 Å². The monoisotopic (exact) mass is 362 g/mol. The number of anilines is 2. The number of nitrogens with zero attached hydrogens (tertiary/aromatic N) is 3. The van der Waals surface area contributed by atoms with E-state index in [0.717, 1.165) is 56.4 Å². The number of ether oxygens (including phenoxy) is 1. The largest absolute Gasteiger partial charge is 0.497 e. The molecule has 2 aromatic carbocycles. The molecule has 2 heterocycles. The van der Waals surface area contributed by atoms with Crippen molar-refractivity contribution < 1.29 is 4.74 Å². The van der Waals surface area contributed by atoms with Crippen molar-refractivity contribution in [1.29, 1.82) is 0 Å². The average molecular weight is 362 g/mol. The number of hydrogen-bond acceptors (Lipinski definition) is 5. The van der Waals surface area contributed by atoms with Gasteiger partial charge in [0, 0.05) is 50.3 Å². The van der Waals surface area contributed by atoms with E-state index >= 15 is 0 Å². The quantitative estimate of drug-likeness (QED) is 0.727. The number of aromatic nitrogens is 1. The highest BCUT2D eigenvalue weighted by Crippen LogP contribution is 2.20. The van der Waals surface area contributed by atoms with Gasteiger partial charge in [0.2, 0.25) is 0 Å². The van der Waals surface area contributed by atoms with Gasteiger partial charge in [-0.2, -0.15) is 0 Å². The summed E-state index contributed by atoms with van der Waals surface area (Å²) >= 11 is 0. The zero-order valence-electron chi connectivity index (χ0n) is 15.8. The van der Waals surface area contributed by atoms with Gasteiger partial charge >= 0.3 is 0 Å². The maximum absolute atomic E-state index is 5.24. The highest BCUT2D eigenvalue weighted by atomic mass is 16.5. The molecule has 1 aromatic heterocycles. The first-order valence-electron chi connectivity index (χ1n) is 9.53. The third-order valence-corrected chi connectivity index (χ3v) is 5.14. The normalized spacial score (nSPS) is 15.1. The fourth-order valence-electron chi connectivity index (χ4n) is 3.53. The smallest absolute Gasteiger partial charge is 0.126 e. The molecule has 0 bridgehead atoms. The lowest BCUT2D eigenvalue weighted by Gasteiger charge is -2.36. The lowest BCUT2D eigenvalue weighted by Crippen LogP contribution is -2.47. The summed E-state index contributed by atoms with van der Waals surface area (Å²) in [6, 6.07) is 20.7. The number of fused-ring (bicyclic) bond motifs is 1. The van der Waals surface area contributed by atoms with Crippen LogP contribution in [0.4, 0.5) is 11.5 Å². The van der Waals surface area contributed by atoms with E-state index in [1.54, 1.807) is 7.11 Å². The Labute approximate surface area is 160 Å². The molecule has 0 saturated carbocycles. The molecule has 4 rings (SSSR count). The zero-order valence-corrected chi connectivity index (χ0v) is 15.8. The molecule has 0 aliphatic carbocycles. The Bertz CT molecular complexity index is 873. The predicted octanol–water partition coefficient (Wildman–Crippen LogP) is 3.48. The van der Waals surface area contributed by atoms with Crippen molar-refractivity contribution >= 4 is 22.4 Å². The van der Waals surface area contributed by atoms with Crippen LogP contribution in [-0.2, 0) is 0 Å². The molecule has 1 fully saturated rings. The number of hydrogen-bond donors (Lipinski definition) is 1. The molecule has 5 heteroatoms. The minimum atomic E-state index is 0.908. The number of piperazine rings is 1.